The number of nitrogens with zero attached hydrogens (tertiary/aromatic N) is 1. The van der Waals surface area contributed by atoms with Crippen molar-refractivity contribution in [1.82, 2.24) is 0 Å². The highest BCUT2D eigenvalue weighted by Crippen LogP contribution is 2.41. The summed E-state index contributed by atoms with van der Waals surface area (Å²) in [5.74, 6) is 0.823. The van der Waals surface area contributed by atoms with E-state index in [4.69, 9.17) is 5.41 Å². The summed E-state index contributed by atoms with van der Waals surface area (Å²) in [7, 11) is 0. The van der Waals surface area contributed by atoms with Crippen LogP contribution in [0.2, 0.25) is 0 Å². The molecular formula is C15H14N2. The van der Waals surface area contributed by atoms with Crippen LogP contribution in [0.1, 0.15) is 18.4 Å². The molecule has 0 amide bonds. The molecule has 1 aliphatic rings. The van der Waals surface area contributed by atoms with Gasteiger partial charge >= 0.3 is 0 Å². The van der Waals surface area contributed by atoms with Crippen LogP contribution in [0.3, 0.4) is 0 Å². The van der Waals surface area contributed by atoms with E-state index in [-0.39, 0.29) is 5.92 Å². The second-order valence-electron chi connectivity index (χ2n) is 4.34. The van der Waals surface area contributed by atoms with Crippen LogP contribution in [0.25, 0.3) is 0 Å². The van der Waals surface area contributed by atoms with Crippen molar-refractivity contribution in [3.63, 3.8) is 0 Å². The van der Waals surface area contributed by atoms with Crippen LogP contribution in [0, 0.1) is 5.41 Å². The molecule has 1 aliphatic heterocycles. The molecule has 2 nitrogen and oxygen atoms in total. The first kappa shape index (κ1) is 10.1. The Morgan fingerprint density at radius 2 is 1.59 bits per heavy atom. The smallest absolute Gasteiger partial charge is 0.112 e. The average Bonchev–Trinajstić information content (AvgIpc) is 2.64. The number of para-hydroxylation sites is 2. The largest absolute Gasteiger partial charge is 0.298 e. The predicted molar refractivity (Wildman–Crippen MR) is 71.2 cm³/mol. The highest BCUT2D eigenvalue weighted by molar-refractivity contribution is 6.11. The average molecular weight is 222 g/mol. The van der Waals surface area contributed by atoms with E-state index >= 15 is 0 Å². The van der Waals surface area contributed by atoms with Gasteiger partial charge in [0.25, 0.3) is 0 Å². The van der Waals surface area contributed by atoms with E-state index in [2.05, 4.69) is 19.1 Å². The third-order valence-corrected chi connectivity index (χ3v) is 3.31. The molecule has 2 aromatic rings. The lowest BCUT2D eigenvalue weighted by atomic mass is 10.0. The fourth-order valence-corrected chi connectivity index (χ4v) is 2.38. The van der Waals surface area contributed by atoms with E-state index in [1.165, 1.54) is 5.56 Å². The minimum atomic E-state index is 0.173. The Kier molecular flexibility index (Phi) is 2.22. The summed E-state index contributed by atoms with van der Waals surface area (Å²) in [6.07, 6.45) is 0. The molecule has 0 spiro atoms. The summed E-state index contributed by atoms with van der Waals surface area (Å²) < 4.78 is 0. The van der Waals surface area contributed by atoms with Crippen LogP contribution < -0.4 is 4.90 Å². The summed E-state index contributed by atoms with van der Waals surface area (Å²) >= 11 is 0. The molecule has 0 fully saturated rings. The monoisotopic (exact) mass is 222 g/mol. The molecule has 2 aromatic carbocycles. The maximum absolute atomic E-state index is 8.26. The van der Waals surface area contributed by atoms with E-state index in [1.54, 1.807) is 0 Å². The third-order valence-electron chi connectivity index (χ3n) is 3.31. The molecule has 84 valence electrons. The van der Waals surface area contributed by atoms with Crippen LogP contribution in [0.5, 0.6) is 0 Å². The van der Waals surface area contributed by atoms with Crippen LogP contribution in [-0.4, -0.2) is 5.84 Å². The molecule has 0 aliphatic carbocycles. The van der Waals surface area contributed by atoms with Gasteiger partial charge in [0.2, 0.25) is 0 Å². The standard InChI is InChI=1S/C15H14N2/c1-11-13-9-5-6-10-14(13)17(15(11)16)12-7-3-2-4-8-12/h2-11,16H,1H3. The van der Waals surface area contributed by atoms with E-state index in [0.717, 1.165) is 11.4 Å². The summed E-state index contributed by atoms with van der Waals surface area (Å²) in [5, 5.41) is 8.26. The third kappa shape index (κ3) is 1.45. The van der Waals surface area contributed by atoms with Crippen molar-refractivity contribution in [3.8, 4) is 0 Å². The fourth-order valence-electron chi connectivity index (χ4n) is 2.38. The van der Waals surface area contributed by atoms with Crippen molar-refractivity contribution in [2.45, 2.75) is 12.8 Å². The number of benzene rings is 2. The predicted octanol–water partition coefficient (Wildman–Crippen LogP) is 3.92. The number of hydrogen-bond donors (Lipinski definition) is 1. The van der Waals surface area contributed by atoms with Crippen molar-refractivity contribution in [2.75, 3.05) is 4.90 Å². The first-order valence-corrected chi connectivity index (χ1v) is 5.81. The van der Waals surface area contributed by atoms with Crippen molar-refractivity contribution < 1.29 is 0 Å². The minimum Gasteiger partial charge on any atom is -0.298 e. The van der Waals surface area contributed by atoms with Gasteiger partial charge in [0.05, 0.1) is 5.69 Å². The molecule has 2 heteroatoms. The minimum absolute atomic E-state index is 0.173. The maximum atomic E-state index is 8.26. The zero-order valence-corrected chi connectivity index (χ0v) is 9.72. The summed E-state index contributed by atoms with van der Waals surface area (Å²) in [5.41, 5.74) is 3.44. The van der Waals surface area contributed by atoms with Gasteiger partial charge in [0.1, 0.15) is 5.84 Å². The van der Waals surface area contributed by atoms with Crippen molar-refractivity contribution in [3.05, 3.63) is 60.2 Å². The zero-order valence-electron chi connectivity index (χ0n) is 9.72. The Bertz CT molecular complexity index is 560. The van der Waals surface area contributed by atoms with Gasteiger partial charge in [-0.1, -0.05) is 43.3 Å². The SMILES string of the molecule is CC1C(=N)N(c2ccccc2)c2ccccc21. The second kappa shape index (κ2) is 3.74. The first-order valence-electron chi connectivity index (χ1n) is 5.81. The quantitative estimate of drug-likeness (QED) is 0.778. The molecule has 0 radical (unpaired) electrons. The van der Waals surface area contributed by atoms with Crippen molar-refractivity contribution in [2.24, 2.45) is 0 Å². The lowest BCUT2D eigenvalue weighted by molar-refractivity contribution is 1.03. The van der Waals surface area contributed by atoms with Gasteiger partial charge in [0.15, 0.2) is 0 Å². The molecule has 1 unspecified atom stereocenters. The molecule has 0 aromatic heterocycles. The zero-order chi connectivity index (χ0) is 11.8. The van der Waals surface area contributed by atoms with Crippen LogP contribution in [-0.2, 0) is 0 Å². The Balaban J connectivity index is 2.16. The molecule has 1 heterocycles. The lowest BCUT2D eigenvalue weighted by Gasteiger charge is -2.19. The fraction of sp³-hybridized carbons (Fsp3) is 0.133. The van der Waals surface area contributed by atoms with Gasteiger partial charge in [-0.25, -0.2) is 0 Å². The molecule has 0 saturated heterocycles. The molecular weight excluding hydrogens is 208 g/mol. The lowest BCUT2D eigenvalue weighted by Crippen LogP contribution is -2.21. The number of hydrogen-bond acceptors (Lipinski definition) is 1. The first-order chi connectivity index (χ1) is 8.29. The van der Waals surface area contributed by atoms with Crippen molar-refractivity contribution >= 4 is 17.2 Å². The number of amidine groups is 1. The molecule has 1 N–H and O–H groups in total. The summed E-state index contributed by atoms with van der Waals surface area (Å²) in [6.45, 7) is 2.09. The Hall–Kier alpha value is -2.09. The van der Waals surface area contributed by atoms with Gasteiger partial charge in [-0.15, -0.1) is 0 Å². The number of rotatable bonds is 1. The molecule has 0 bridgehead atoms. The van der Waals surface area contributed by atoms with Gasteiger partial charge in [0, 0.05) is 11.6 Å². The summed E-state index contributed by atoms with van der Waals surface area (Å²) in [6, 6.07) is 18.4. The van der Waals surface area contributed by atoms with Crippen molar-refractivity contribution in [1.29, 1.82) is 5.41 Å². The highest BCUT2D eigenvalue weighted by atomic mass is 15.2. The Morgan fingerprint density at radius 1 is 0.941 bits per heavy atom. The van der Waals surface area contributed by atoms with E-state index in [1.807, 2.05) is 47.4 Å². The Labute approximate surface area is 101 Å². The highest BCUT2D eigenvalue weighted by Gasteiger charge is 2.31. The molecule has 1 atom stereocenters. The van der Waals surface area contributed by atoms with Crippen LogP contribution >= 0.6 is 0 Å². The van der Waals surface area contributed by atoms with Gasteiger partial charge in [-0.3, -0.25) is 10.3 Å². The maximum Gasteiger partial charge on any atom is 0.112 e. The molecule has 0 saturated carbocycles. The van der Waals surface area contributed by atoms with E-state index in [0.29, 0.717) is 5.84 Å². The number of fused-ring (bicyclic) bond motifs is 1. The molecule has 17 heavy (non-hydrogen) atoms. The second-order valence-corrected chi connectivity index (χ2v) is 4.34. The van der Waals surface area contributed by atoms with Gasteiger partial charge in [-0.05, 0) is 23.8 Å². The van der Waals surface area contributed by atoms with Crippen LogP contribution in [0.15, 0.2) is 54.6 Å². The van der Waals surface area contributed by atoms with Gasteiger partial charge < -0.3 is 0 Å². The molecule has 3 rings (SSSR count). The van der Waals surface area contributed by atoms with Crippen LogP contribution in [0.4, 0.5) is 11.4 Å². The topological polar surface area (TPSA) is 27.1 Å². The van der Waals surface area contributed by atoms with E-state index in [9.17, 15) is 0 Å². The number of anilines is 2. The van der Waals surface area contributed by atoms with E-state index < -0.39 is 0 Å². The summed E-state index contributed by atoms with van der Waals surface area (Å²) in [4.78, 5) is 2.03. The van der Waals surface area contributed by atoms with Gasteiger partial charge in [-0.2, -0.15) is 0 Å². The normalized spacial score (nSPS) is 18.3. The number of nitrogens with one attached hydrogen (secondary N) is 1. The Morgan fingerprint density at radius 3 is 2.35 bits per heavy atom.